The average molecular weight is 328 g/mol. The van der Waals surface area contributed by atoms with Crippen molar-refractivity contribution in [2.45, 2.75) is 51.0 Å². The van der Waals surface area contributed by atoms with Crippen molar-refractivity contribution < 1.29 is 14.4 Å². The zero-order valence-corrected chi connectivity index (χ0v) is 13.8. The third-order valence-corrected chi connectivity index (χ3v) is 5.17. The highest BCUT2D eigenvalue weighted by Crippen LogP contribution is 2.29. The molecule has 0 aromatic heterocycles. The van der Waals surface area contributed by atoms with Gasteiger partial charge in [0, 0.05) is 30.9 Å². The molecule has 3 rings (SSSR count). The van der Waals surface area contributed by atoms with Crippen LogP contribution in [0.2, 0.25) is 0 Å². The molecule has 1 fully saturated rings. The summed E-state index contributed by atoms with van der Waals surface area (Å²) in [6, 6.07) is 5.87. The zero-order chi connectivity index (χ0) is 17.1. The van der Waals surface area contributed by atoms with E-state index in [0.717, 1.165) is 42.4 Å². The molecule has 2 aliphatic carbocycles. The number of nitrogens with two attached hydrogens (primary N) is 1. The van der Waals surface area contributed by atoms with Crippen molar-refractivity contribution in [2.24, 2.45) is 11.7 Å². The van der Waals surface area contributed by atoms with E-state index >= 15 is 0 Å². The largest absolute Gasteiger partial charge is 0.352 e. The van der Waals surface area contributed by atoms with E-state index in [1.807, 2.05) is 18.2 Å². The molecule has 5 heteroatoms. The number of benzene rings is 1. The van der Waals surface area contributed by atoms with Gasteiger partial charge >= 0.3 is 0 Å². The minimum atomic E-state index is -0.109. The Morgan fingerprint density at radius 3 is 2.50 bits per heavy atom. The molecule has 1 aromatic rings. The van der Waals surface area contributed by atoms with Gasteiger partial charge in [0.2, 0.25) is 5.91 Å². The number of hydrogen-bond acceptors (Lipinski definition) is 4. The smallest absolute Gasteiger partial charge is 0.233 e. The molecule has 1 saturated carbocycles. The molecule has 24 heavy (non-hydrogen) atoms. The van der Waals surface area contributed by atoms with Gasteiger partial charge in [-0.2, -0.15) is 0 Å². The van der Waals surface area contributed by atoms with Crippen LogP contribution in [0.25, 0.3) is 0 Å². The molecule has 3 N–H and O–H groups in total. The van der Waals surface area contributed by atoms with E-state index in [1.54, 1.807) is 0 Å². The lowest BCUT2D eigenvalue weighted by Crippen LogP contribution is -2.40. The fourth-order valence-corrected chi connectivity index (χ4v) is 3.80. The highest BCUT2D eigenvalue weighted by atomic mass is 16.2. The Bertz CT molecular complexity index is 661. The van der Waals surface area contributed by atoms with Gasteiger partial charge in [-0.3, -0.25) is 14.4 Å². The molecule has 0 aliphatic heterocycles. The first-order valence-electron chi connectivity index (χ1n) is 8.71. The summed E-state index contributed by atoms with van der Waals surface area (Å²) in [6.07, 6.45) is 5.22. The topological polar surface area (TPSA) is 89.3 Å². The quantitative estimate of drug-likeness (QED) is 0.803. The van der Waals surface area contributed by atoms with E-state index in [-0.39, 0.29) is 30.1 Å². The van der Waals surface area contributed by atoms with Crippen molar-refractivity contribution in [1.29, 1.82) is 0 Å². The fraction of sp³-hybridized carbons (Fsp3) is 0.526. The molecule has 1 aromatic carbocycles. The first-order chi connectivity index (χ1) is 11.5. The molecular weight excluding hydrogens is 304 g/mol. The van der Waals surface area contributed by atoms with Crippen LogP contribution in [-0.4, -0.2) is 30.1 Å². The predicted molar refractivity (Wildman–Crippen MR) is 90.7 cm³/mol. The molecule has 0 heterocycles. The van der Waals surface area contributed by atoms with Crippen LogP contribution in [0, 0.1) is 5.92 Å². The molecule has 0 spiro atoms. The minimum Gasteiger partial charge on any atom is -0.352 e. The summed E-state index contributed by atoms with van der Waals surface area (Å²) in [5.74, 6) is 0.652. The average Bonchev–Trinajstić information content (AvgIpc) is 2.95. The second-order valence-electron chi connectivity index (χ2n) is 6.99. The predicted octanol–water partition coefficient (Wildman–Crippen LogP) is 1.56. The summed E-state index contributed by atoms with van der Waals surface area (Å²) < 4.78 is 0. The number of nitrogens with one attached hydrogen (secondary N) is 1. The third-order valence-electron chi connectivity index (χ3n) is 5.17. The standard InChI is InChI=1S/C19H24N2O3/c20-11-19(24)21-16-5-1-12(2-6-16)7-18(23)14-4-3-13-9-17(22)10-15(13)8-14/h3-4,8,12,16H,1-2,5-7,9-11,20H2,(H,21,24). The number of amides is 1. The maximum Gasteiger partial charge on any atom is 0.233 e. The molecule has 1 amide bonds. The van der Waals surface area contributed by atoms with Gasteiger partial charge in [0.1, 0.15) is 5.78 Å². The molecule has 0 saturated heterocycles. The van der Waals surface area contributed by atoms with E-state index in [9.17, 15) is 14.4 Å². The molecule has 0 bridgehead atoms. The summed E-state index contributed by atoms with van der Waals surface area (Å²) in [5, 5.41) is 2.93. The van der Waals surface area contributed by atoms with Gasteiger partial charge in [0.05, 0.1) is 6.54 Å². The highest BCUT2D eigenvalue weighted by molar-refractivity contribution is 5.97. The molecule has 128 valence electrons. The van der Waals surface area contributed by atoms with Crippen LogP contribution in [0.4, 0.5) is 0 Å². The van der Waals surface area contributed by atoms with Crippen LogP contribution in [0.5, 0.6) is 0 Å². The van der Waals surface area contributed by atoms with Crippen molar-refractivity contribution >= 4 is 17.5 Å². The summed E-state index contributed by atoms with van der Waals surface area (Å²) >= 11 is 0. The second kappa shape index (κ2) is 7.26. The normalized spacial score (nSPS) is 23.0. The third kappa shape index (κ3) is 3.90. The Kier molecular flexibility index (Phi) is 5.09. The van der Waals surface area contributed by atoms with E-state index < -0.39 is 0 Å². The van der Waals surface area contributed by atoms with Gasteiger partial charge in [-0.1, -0.05) is 12.1 Å². The summed E-state index contributed by atoms with van der Waals surface area (Å²) in [5.41, 5.74) is 8.12. The van der Waals surface area contributed by atoms with Crippen LogP contribution in [-0.2, 0) is 22.4 Å². The number of rotatable bonds is 5. The Balaban J connectivity index is 1.52. The van der Waals surface area contributed by atoms with Gasteiger partial charge in [-0.25, -0.2) is 0 Å². The highest BCUT2D eigenvalue weighted by Gasteiger charge is 2.25. The lowest BCUT2D eigenvalue weighted by Gasteiger charge is -2.28. The maximum atomic E-state index is 12.5. The lowest BCUT2D eigenvalue weighted by atomic mass is 9.82. The van der Waals surface area contributed by atoms with Crippen molar-refractivity contribution in [1.82, 2.24) is 5.32 Å². The van der Waals surface area contributed by atoms with Gasteiger partial charge < -0.3 is 11.1 Å². The fourth-order valence-electron chi connectivity index (χ4n) is 3.80. The first-order valence-corrected chi connectivity index (χ1v) is 8.71. The first kappa shape index (κ1) is 16.8. The van der Waals surface area contributed by atoms with Crippen LogP contribution < -0.4 is 11.1 Å². The Labute approximate surface area is 142 Å². The van der Waals surface area contributed by atoms with Crippen molar-refractivity contribution in [3.05, 3.63) is 34.9 Å². The van der Waals surface area contributed by atoms with Crippen molar-refractivity contribution in [2.75, 3.05) is 6.54 Å². The summed E-state index contributed by atoms with van der Waals surface area (Å²) in [4.78, 5) is 35.4. The number of ketones is 2. The monoisotopic (exact) mass is 328 g/mol. The molecule has 2 aliphatic rings. The van der Waals surface area contributed by atoms with E-state index in [2.05, 4.69) is 5.32 Å². The Hall–Kier alpha value is -2.01. The van der Waals surface area contributed by atoms with Crippen LogP contribution >= 0.6 is 0 Å². The molecule has 0 radical (unpaired) electrons. The minimum absolute atomic E-state index is 0.0270. The molecule has 0 atom stereocenters. The van der Waals surface area contributed by atoms with Crippen LogP contribution in [0.3, 0.4) is 0 Å². The van der Waals surface area contributed by atoms with Crippen LogP contribution in [0.1, 0.15) is 53.6 Å². The van der Waals surface area contributed by atoms with Gasteiger partial charge in [-0.05, 0) is 48.8 Å². The molecule has 5 nitrogen and oxygen atoms in total. The van der Waals surface area contributed by atoms with Crippen LogP contribution in [0.15, 0.2) is 18.2 Å². The number of carbonyl (C=O) groups is 3. The van der Waals surface area contributed by atoms with E-state index in [1.165, 1.54) is 0 Å². The number of carbonyl (C=O) groups excluding carboxylic acids is 3. The van der Waals surface area contributed by atoms with Gasteiger partial charge in [-0.15, -0.1) is 0 Å². The maximum absolute atomic E-state index is 12.5. The second-order valence-corrected chi connectivity index (χ2v) is 6.99. The zero-order valence-electron chi connectivity index (χ0n) is 13.8. The lowest BCUT2D eigenvalue weighted by molar-refractivity contribution is -0.120. The molecule has 0 unspecified atom stereocenters. The Morgan fingerprint density at radius 2 is 1.79 bits per heavy atom. The van der Waals surface area contributed by atoms with E-state index in [0.29, 0.717) is 25.2 Å². The van der Waals surface area contributed by atoms with Gasteiger partial charge in [0.15, 0.2) is 5.78 Å². The number of fused-ring (bicyclic) bond motifs is 1. The van der Waals surface area contributed by atoms with Crippen molar-refractivity contribution in [3.8, 4) is 0 Å². The number of Topliss-reactive ketones (excluding diaryl/α,β-unsaturated/α-hetero) is 2. The molecular formula is C19H24N2O3. The summed E-state index contributed by atoms with van der Waals surface area (Å²) in [7, 11) is 0. The van der Waals surface area contributed by atoms with Crippen molar-refractivity contribution in [3.63, 3.8) is 0 Å². The van der Waals surface area contributed by atoms with E-state index in [4.69, 9.17) is 5.73 Å². The summed E-state index contributed by atoms with van der Waals surface area (Å²) in [6.45, 7) is 0.0270. The van der Waals surface area contributed by atoms with Gasteiger partial charge in [0.25, 0.3) is 0 Å². The SMILES string of the molecule is NCC(=O)NC1CCC(CC(=O)c2ccc3c(c2)CC(=O)C3)CC1. The number of hydrogen-bond donors (Lipinski definition) is 2. The Morgan fingerprint density at radius 1 is 1.08 bits per heavy atom.